The lowest BCUT2D eigenvalue weighted by Crippen LogP contribution is -2.37. The number of rotatable bonds is 10. The zero-order chi connectivity index (χ0) is 15.8. The van der Waals surface area contributed by atoms with Gasteiger partial charge in [0, 0.05) is 18.5 Å². The van der Waals surface area contributed by atoms with Crippen molar-refractivity contribution in [3.05, 3.63) is 35.9 Å². The van der Waals surface area contributed by atoms with E-state index in [-0.39, 0.29) is 5.41 Å². The number of aliphatic hydroxyl groups is 1. The molecule has 3 nitrogen and oxygen atoms in total. The van der Waals surface area contributed by atoms with Gasteiger partial charge in [-0.1, -0.05) is 58.0 Å². The summed E-state index contributed by atoms with van der Waals surface area (Å²) >= 11 is 0. The number of nitrogens with one attached hydrogen (secondary N) is 1. The molecule has 0 heterocycles. The molecule has 1 rings (SSSR count). The van der Waals surface area contributed by atoms with Crippen LogP contribution in [0.1, 0.15) is 46.1 Å². The molecule has 0 fully saturated rings. The van der Waals surface area contributed by atoms with Crippen molar-refractivity contribution >= 4 is 0 Å². The second-order valence-electron chi connectivity index (χ2n) is 6.68. The maximum atomic E-state index is 10.2. The molecule has 0 aliphatic heterocycles. The van der Waals surface area contributed by atoms with Crippen LogP contribution in [0.4, 0.5) is 0 Å². The molecule has 0 bridgehead atoms. The van der Waals surface area contributed by atoms with Crippen LogP contribution in [-0.4, -0.2) is 30.5 Å². The quantitative estimate of drug-likeness (QED) is 0.695. The lowest BCUT2D eigenvalue weighted by molar-refractivity contribution is -0.0671. The molecule has 120 valence electrons. The smallest absolute Gasteiger partial charge is 0.0874 e. The minimum atomic E-state index is -0.673. The van der Waals surface area contributed by atoms with Crippen molar-refractivity contribution in [1.29, 1.82) is 0 Å². The van der Waals surface area contributed by atoms with E-state index in [0.29, 0.717) is 13.2 Å². The van der Waals surface area contributed by atoms with E-state index >= 15 is 0 Å². The summed E-state index contributed by atoms with van der Waals surface area (Å²) in [6.07, 6.45) is 1.46. The van der Waals surface area contributed by atoms with Crippen molar-refractivity contribution in [3.8, 4) is 0 Å². The summed E-state index contributed by atoms with van der Waals surface area (Å²) in [6, 6.07) is 10.4. The van der Waals surface area contributed by atoms with E-state index in [9.17, 15) is 5.11 Å². The van der Waals surface area contributed by atoms with Crippen LogP contribution in [0.25, 0.3) is 0 Å². The lowest BCUT2D eigenvalue weighted by Gasteiger charge is -2.29. The van der Waals surface area contributed by atoms with Crippen LogP contribution >= 0.6 is 0 Å². The molecule has 0 saturated carbocycles. The van der Waals surface area contributed by atoms with Gasteiger partial charge < -0.3 is 15.2 Å². The van der Waals surface area contributed by atoms with E-state index in [0.717, 1.165) is 25.9 Å². The molecule has 0 saturated heterocycles. The average Bonchev–Trinajstić information content (AvgIpc) is 2.47. The minimum Gasteiger partial charge on any atom is -0.388 e. The molecule has 0 aromatic heterocycles. The van der Waals surface area contributed by atoms with Gasteiger partial charge in [0.1, 0.15) is 0 Å². The first-order valence-corrected chi connectivity index (χ1v) is 7.95. The molecule has 0 aliphatic carbocycles. The van der Waals surface area contributed by atoms with Crippen molar-refractivity contribution < 1.29 is 9.84 Å². The fourth-order valence-corrected chi connectivity index (χ4v) is 2.16. The third kappa shape index (κ3) is 7.07. The fourth-order valence-electron chi connectivity index (χ4n) is 2.16. The molecule has 0 atom stereocenters. The van der Waals surface area contributed by atoms with Crippen LogP contribution < -0.4 is 5.32 Å². The topological polar surface area (TPSA) is 41.5 Å². The summed E-state index contributed by atoms with van der Waals surface area (Å²) in [5, 5.41) is 13.7. The Bertz CT molecular complexity index is 385. The molecule has 2 N–H and O–H groups in total. The summed E-state index contributed by atoms with van der Waals surface area (Å²) in [5.41, 5.74) is 0.672. The fraction of sp³-hybridized carbons (Fsp3) is 0.667. The maximum Gasteiger partial charge on any atom is 0.0874 e. The Morgan fingerprint density at radius 2 is 1.67 bits per heavy atom. The average molecular weight is 293 g/mol. The molecule has 0 aliphatic rings. The van der Waals surface area contributed by atoms with Crippen LogP contribution in [0.15, 0.2) is 30.3 Å². The van der Waals surface area contributed by atoms with Gasteiger partial charge in [0.25, 0.3) is 0 Å². The van der Waals surface area contributed by atoms with Crippen LogP contribution in [-0.2, 0) is 11.3 Å². The van der Waals surface area contributed by atoms with Gasteiger partial charge in [-0.15, -0.1) is 0 Å². The van der Waals surface area contributed by atoms with E-state index in [1.54, 1.807) is 0 Å². The second-order valence-corrected chi connectivity index (χ2v) is 6.68. The number of hydrogen-bond donors (Lipinski definition) is 2. The largest absolute Gasteiger partial charge is 0.388 e. The van der Waals surface area contributed by atoms with Gasteiger partial charge in [0.15, 0.2) is 0 Å². The molecular formula is C18H31NO2. The van der Waals surface area contributed by atoms with Gasteiger partial charge in [-0.25, -0.2) is 0 Å². The predicted octanol–water partition coefficient (Wildman–Crippen LogP) is 3.37. The third-order valence-corrected chi connectivity index (χ3v) is 3.96. The Labute approximate surface area is 129 Å². The van der Waals surface area contributed by atoms with Crippen molar-refractivity contribution in [3.63, 3.8) is 0 Å². The van der Waals surface area contributed by atoms with Crippen molar-refractivity contribution in [2.75, 3.05) is 19.8 Å². The molecule has 0 radical (unpaired) electrons. The molecule has 21 heavy (non-hydrogen) atoms. The van der Waals surface area contributed by atoms with Crippen LogP contribution in [0, 0.1) is 5.41 Å². The Balaban J connectivity index is 2.27. The Hall–Kier alpha value is -0.900. The zero-order valence-electron chi connectivity index (χ0n) is 14.0. The Kier molecular flexibility index (Phi) is 7.36. The molecule has 0 spiro atoms. The SMILES string of the molecule is CCC(O)(CC)COCC(C)(C)CNCc1ccccc1. The summed E-state index contributed by atoms with van der Waals surface area (Å²) in [5.74, 6) is 0. The first-order valence-electron chi connectivity index (χ1n) is 7.95. The lowest BCUT2D eigenvalue weighted by atomic mass is 9.94. The van der Waals surface area contributed by atoms with Gasteiger partial charge in [-0.3, -0.25) is 0 Å². The third-order valence-electron chi connectivity index (χ3n) is 3.96. The van der Waals surface area contributed by atoms with Gasteiger partial charge in [0.05, 0.1) is 18.8 Å². The van der Waals surface area contributed by atoms with E-state index in [2.05, 4.69) is 43.4 Å². The Morgan fingerprint density at radius 1 is 1.05 bits per heavy atom. The summed E-state index contributed by atoms with van der Waals surface area (Å²) in [4.78, 5) is 0. The van der Waals surface area contributed by atoms with E-state index in [4.69, 9.17) is 4.74 Å². The van der Waals surface area contributed by atoms with Crippen LogP contribution in [0.3, 0.4) is 0 Å². The van der Waals surface area contributed by atoms with Gasteiger partial charge >= 0.3 is 0 Å². The summed E-state index contributed by atoms with van der Waals surface area (Å²) in [7, 11) is 0. The van der Waals surface area contributed by atoms with Crippen molar-refractivity contribution in [1.82, 2.24) is 5.32 Å². The van der Waals surface area contributed by atoms with Gasteiger partial charge in [-0.2, -0.15) is 0 Å². The molecular weight excluding hydrogens is 262 g/mol. The predicted molar refractivity (Wildman–Crippen MR) is 88.3 cm³/mol. The molecule has 3 heteroatoms. The highest BCUT2D eigenvalue weighted by molar-refractivity contribution is 5.14. The van der Waals surface area contributed by atoms with Gasteiger partial charge in [0.2, 0.25) is 0 Å². The van der Waals surface area contributed by atoms with E-state index in [1.807, 2.05) is 19.9 Å². The van der Waals surface area contributed by atoms with E-state index in [1.165, 1.54) is 5.56 Å². The number of ether oxygens (including phenoxy) is 1. The molecule has 1 aromatic carbocycles. The maximum absolute atomic E-state index is 10.2. The first kappa shape index (κ1) is 18.1. The van der Waals surface area contributed by atoms with Gasteiger partial charge in [-0.05, 0) is 18.4 Å². The first-order chi connectivity index (χ1) is 9.91. The summed E-state index contributed by atoms with van der Waals surface area (Å²) < 4.78 is 5.76. The minimum absolute atomic E-state index is 0.0528. The normalized spacial score (nSPS) is 12.6. The van der Waals surface area contributed by atoms with Crippen molar-refractivity contribution in [2.45, 2.75) is 52.7 Å². The monoisotopic (exact) mass is 293 g/mol. The van der Waals surface area contributed by atoms with E-state index < -0.39 is 5.60 Å². The number of benzene rings is 1. The Morgan fingerprint density at radius 3 is 2.24 bits per heavy atom. The zero-order valence-corrected chi connectivity index (χ0v) is 14.0. The molecule has 0 amide bonds. The van der Waals surface area contributed by atoms with Crippen molar-refractivity contribution in [2.24, 2.45) is 5.41 Å². The highest BCUT2D eigenvalue weighted by Gasteiger charge is 2.24. The molecule has 1 aromatic rings. The summed E-state index contributed by atoms with van der Waals surface area (Å²) in [6.45, 7) is 11.2. The van der Waals surface area contributed by atoms with Crippen LogP contribution in [0.5, 0.6) is 0 Å². The van der Waals surface area contributed by atoms with Crippen LogP contribution in [0.2, 0.25) is 0 Å². The number of hydrogen-bond acceptors (Lipinski definition) is 3. The molecule has 0 unspecified atom stereocenters. The second kappa shape index (κ2) is 8.52. The standard InChI is InChI=1S/C18H31NO2/c1-5-18(20,6-2)15-21-14-17(3,4)13-19-12-16-10-8-7-9-11-16/h7-11,19-20H,5-6,12-15H2,1-4H3. The highest BCUT2D eigenvalue weighted by atomic mass is 16.5. The highest BCUT2D eigenvalue weighted by Crippen LogP contribution is 2.19.